The molecule has 1 aromatic rings. The number of hydrogen-bond acceptors (Lipinski definition) is 4. The van der Waals surface area contributed by atoms with Crippen LogP contribution in [0.4, 0.5) is 5.69 Å². The molecule has 0 saturated carbocycles. The SMILES string of the molecule is Nc1cc2c(cc1O)OCCO2. The minimum Gasteiger partial charge on any atom is -0.506 e. The fourth-order valence-electron chi connectivity index (χ4n) is 1.09. The van der Waals surface area contributed by atoms with Gasteiger partial charge < -0.3 is 20.3 Å². The lowest BCUT2D eigenvalue weighted by Crippen LogP contribution is -2.15. The van der Waals surface area contributed by atoms with Crippen molar-refractivity contribution in [1.29, 1.82) is 0 Å². The van der Waals surface area contributed by atoms with Gasteiger partial charge in [0.25, 0.3) is 0 Å². The van der Waals surface area contributed by atoms with Crippen LogP contribution >= 0.6 is 0 Å². The summed E-state index contributed by atoms with van der Waals surface area (Å²) in [6.45, 7) is 1.04. The summed E-state index contributed by atoms with van der Waals surface area (Å²) < 4.78 is 10.5. The monoisotopic (exact) mass is 167 g/mol. The maximum Gasteiger partial charge on any atom is 0.165 e. The molecule has 0 fully saturated rings. The van der Waals surface area contributed by atoms with Crippen molar-refractivity contribution in [2.45, 2.75) is 0 Å². The molecule has 0 bridgehead atoms. The molecular formula is C8H9NO3. The van der Waals surface area contributed by atoms with Gasteiger partial charge in [0.15, 0.2) is 11.5 Å². The number of ether oxygens (including phenoxy) is 2. The lowest BCUT2D eigenvalue weighted by Gasteiger charge is -2.18. The first kappa shape index (κ1) is 7.09. The van der Waals surface area contributed by atoms with E-state index in [1.165, 1.54) is 6.07 Å². The average molecular weight is 167 g/mol. The molecule has 64 valence electrons. The van der Waals surface area contributed by atoms with Crippen molar-refractivity contribution < 1.29 is 14.6 Å². The Balaban J connectivity index is 2.49. The van der Waals surface area contributed by atoms with E-state index < -0.39 is 0 Å². The van der Waals surface area contributed by atoms with Crippen LogP contribution in [0.25, 0.3) is 0 Å². The standard InChI is InChI=1S/C8H9NO3/c9-5-3-7-8(4-6(5)10)12-2-1-11-7/h3-4,10H,1-2,9H2. The molecule has 2 rings (SSSR count). The minimum absolute atomic E-state index is 0.0271. The Labute approximate surface area is 69.5 Å². The van der Waals surface area contributed by atoms with Crippen LogP contribution in [0.15, 0.2) is 12.1 Å². The highest BCUT2D eigenvalue weighted by Gasteiger charge is 2.13. The van der Waals surface area contributed by atoms with Crippen molar-refractivity contribution in [2.75, 3.05) is 18.9 Å². The normalized spacial score (nSPS) is 14.3. The van der Waals surface area contributed by atoms with E-state index >= 15 is 0 Å². The molecule has 0 aliphatic carbocycles. The number of aromatic hydroxyl groups is 1. The van der Waals surface area contributed by atoms with Gasteiger partial charge in [-0.2, -0.15) is 0 Å². The van der Waals surface area contributed by atoms with Gasteiger partial charge in [-0.25, -0.2) is 0 Å². The first-order valence-corrected chi connectivity index (χ1v) is 3.65. The Kier molecular flexibility index (Phi) is 1.46. The first-order valence-electron chi connectivity index (χ1n) is 3.65. The summed E-state index contributed by atoms with van der Waals surface area (Å²) in [5.74, 6) is 1.17. The summed E-state index contributed by atoms with van der Waals surface area (Å²) in [6, 6.07) is 3.02. The van der Waals surface area contributed by atoms with Crippen molar-refractivity contribution in [3.8, 4) is 17.2 Å². The molecule has 0 saturated heterocycles. The molecule has 1 aliphatic heterocycles. The molecule has 4 nitrogen and oxygen atoms in total. The van der Waals surface area contributed by atoms with Crippen LogP contribution in [-0.4, -0.2) is 18.3 Å². The van der Waals surface area contributed by atoms with E-state index in [0.717, 1.165) is 0 Å². The van der Waals surface area contributed by atoms with Gasteiger partial charge in [-0.05, 0) is 0 Å². The molecule has 0 aromatic heterocycles. The molecule has 12 heavy (non-hydrogen) atoms. The second-order valence-corrected chi connectivity index (χ2v) is 2.55. The lowest BCUT2D eigenvalue weighted by atomic mass is 10.2. The van der Waals surface area contributed by atoms with Crippen LogP contribution in [0.3, 0.4) is 0 Å². The van der Waals surface area contributed by atoms with Crippen molar-refractivity contribution >= 4 is 5.69 Å². The Hall–Kier alpha value is -1.58. The number of fused-ring (bicyclic) bond motifs is 1. The highest BCUT2D eigenvalue weighted by atomic mass is 16.6. The number of hydrogen-bond donors (Lipinski definition) is 2. The van der Waals surface area contributed by atoms with E-state index in [-0.39, 0.29) is 5.75 Å². The zero-order valence-electron chi connectivity index (χ0n) is 6.41. The van der Waals surface area contributed by atoms with Crippen LogP contribution in [-0.2, 0) is 0 Å². The highest BCUT2D eigenvalue weighted by molar-refractivity contribution is 5.61. The Morgan fingerprint density at radius 3 is 2.42 bits per heavy atom. The van der Waals surface area contributed by atoms with Gasteiger partial charge in [0.05, 0.1) is 5.69 Å². The van der Waals surface area contributed by atoms with Gasteiger partial charge in [0.1, 0.15) is 19.0 Å². The lowest BCUT2D eigenvalue weighted by molar-refractivity contribution is 0.171. The molecule has 0 spiro atoms. The van der Waals surface area contributed by atoms with Crippen molar-refractivity contribution in [1.82, 2.24) is 0 Å². The topological polar surface area (TPSA) is 64.7 Å². The van der Waals surface area contributed by atoms with Crippen molar-refractivity contribution in [3.63, 3.8) is 0 Å². The molecule has 1 aliphatic rings. The minimum atomic E-state index is 0.0271. The summed E-state index contributed by atoms with van der Waals surface area (Å²) in [7, 11) is 0. The first-order chi connectivity index (χ1) is 5.77. The molecular weight excluding hydrogens is 158 g/mol. The summed E-state index contributed by atoms with van der Waals surface area (Å²) in [5, 5.41) is 9.21. The summed E-state index contributed by atoms with van der Waals surface area (Å²) >= 11 is 0. The quantitative estimate of drug-likeness (QED) is 0.442. The second-order valence-electron chi connectivity index (χ2n) is 2.55. The van der Waals surface area contributed by atoms with Crippen molar-refractivity contribution in [3.05, 3.63) is 12.1 Å². The molecule has 0 atom stereocenters. The van der Waals surface area contributed by atoms with Crippen LogP contribution < -0.4 is 15.2 Å². The van der Waals surface area contributed by atoms with Crippen molar-refractivity contribution in [2.24, 2.45) is 0 Å². The highest BCUT2D eigenvalue weighted by Crippen LogP contribution is 2.37. The predicted molar refractivity (Wildman–Crippen MR) is 43.5 cm³/mol. The van der Waals surface area contributed by atoms with Crippen LogP contribution in [0, 0.1) is 0 Å². The number of nitrogens with two attached hydrogens (primary N) is 1. The smallest absolute Gasteiger partial charge is 0.165 e. The van der Waals surface area contributed by atoms with Gasteiger partial charge >= 0.3 is 0 Å². The fraction of sp³-hybridized carbons (Fsp3) is 0.250. The van der Waals surface area contributed by atoms with Gasteiger partial charge in [0.2, 0.25) is 0 Å². The van der Waals surface area contributed by atoms with Crippen LogP contribution in [0.2, 0.25) is 0 Å². The Morgan fingerprint density at radius 2 is 1.75 bits per heavy atom. The molecule has 4 heteroatoms. The Bertz CT molecular complexity index is 280. The van der Waals surface area contributed by atoms with Crippen LogP contribution in [0.5, 0.6) is 17.2 Å². The van der Waals surface area contributed by atoms with E-state index in [0.29, 0.717) is 30.4 Å². The molecule has 1 heterocycles. The maximum absolute atomic E-state index is 9.21. The van der Waals surface area contributed by atoms with E-state index in [9.17, 15) is 5.11 Å². The predicted octanol–water partition coefficient (Wildman–Crippen LogP) is 0.746. The molecule has 3 N–H and O–H groups in total. The maximum atomic E-state index is 9.21. The summed E-state index contributed by atoms with van der Waals surface area (Å²) in [5.41, 5.74) is 5.76. The van der Waals surface area contributed by atoms with E-state index in [1.54, 1.807) is 6.07 Å². The number of phenolic OH excluding ortho intramolecular Hbond substituents is 1. The second kappa shape index (κ2) is 2.48. The van der Waals surface area contributed by atoms with Gasteiger partial charge in [-0.15, -0.1) is 0 Å². The Morgan fingerprint density at radius 1 is 1.17 bits per heavy atom. The average Bonchev–Trinajstić information content (AvgIpc) is 2.07. The number of benzene rings is 1. The van der Waals surface area contributed by atoms with E-state index in [1.807, 2.05) is 0 Å². The number of phenols is 1. The van der Waals surface area contributed by atoms with E-state index in [4.69, 9.17) is 15.2 Å². The molecule has 0 radical (unpaired) electrons. The molecule has 1 aromatic carbocycles. The van der Waals surface area contributed by atoms with Gasteiger partial charge in [-0.3, -0.25) is 0 Å². The zero-order chi connectivity index (χ0) is 8.55. The summed E-state index contributed by atoms with van der Waals surface area (Å²) in [4.78, 5) is 0. The van der Waals surface area contributed by atoms with E-state index in [2.05, 4.69) is 0 Å². The third-order valence-corrected chi connectivity index (χ3v) is 1.69. The van der Waals surface area contributed by atoms with Gasteiger partial charge in [-0.1, -0.05) is 0 Å². The molecule has 0 unspecified atom stereocenters. The number of anilines is 1. The number of rotatable bonds is 0. The third kappa shape index (κ3) is 1.01. The molecule has 0 amide bonds. The summed E-state index contributed by atoms with van der Waals surface area (Å²) in [6.07, 6.45) is 0. The fourth-order valence-corrected chi connectivity index (χ4v) is 1.09. The largest absolute Gasteiger partial charge is 0.506 e. The number of nitrogen functional groups attached to an aromatic ring is 1. The van der Waals surface area contributed by atoms with Crippen LogP contribution in [0.1, 0.15) is 0 Å². The third-order valence-electron chi connectivity index (χ3n) is 1.69. The van der Waals surface area contributed by atoms with Gasteiger partial charge in [0, 0.05) is 12.1 Å². The zero-order valence-corrected chi connectivity index (χ0v) is 6.41.